The third-order valence-electron chi connectivity index (χ3n) is 1.93. The van der Waals surface area contributed by atoms with Crippen LogP contribution in [0.1, 0.15) is 19.8 Å². The van der Waals surface area contributed by atoms with E-state index >= 15 is 0 Å². The van der Waals surface area contributed by atoms with Gasteiger partial charge in [-0.1, -0.05) is 0 Å². The van der Waals surface area contributed by atoms with Gasteiger partial charge in [-0.2, -0.15) is 0 Å². The SMILES string of the molecule is COC(=O)CC1(C)CCOC(=O)O1. The molecule has 0 aromatic carbocycles. The highest BCUT2D eigenvalue weighted by molar-refractivity contribution is 5.71. The smallest absolute Gasteiger partial charge is 0.469 e. The lowest BCUT2D eigenvalue weighted by Crippen LogP contribution is -2.40. The van der Waals surface area contributed by atoms with Crippen LogP contribution in [0.25, 0.3) is 0 Å². The minimum absolute atomic E-state index is 0.0681. The molecule has 0 spiro atoms. The zero-order valence-electron chi connectivity index (χ0n) is 7.66. The Hall–Kier alpha value is -1.26. The Balaban J connectivity index is 2.53. The molecule has 0 radical (unpaired) electrons. The molecule has 1 aliphatic rings. The van der Waals surface area contributed by atoms with Crippen LogP contribution in [0.15, 0.2) is 0 Å². The number of rotatable bonds is 2. The quantitative estimate of drug-likeness (QED) is 0.601. The van der Waals surface area contributed by atoms with Gasteiger partial charge in [0.25, 0.3) is 0 Å². The fraction of sp³-hybridized carbons (Fsp3) is 0.750. The number of carbonyl (C=O) groups is 2. The lowest BCUT2D eigenvalue weighted by Gasteiger charge is -2.31. The van der Waals surface area contributed by atoms with Crippen LogP contribution in [0.2, 0.25) is 0 Å². The summed E-state index contributed by atoms with van der Waals surface area (Å²) in [5.41, 5.74) is -0.775. The molecule has 0 aromatic rings. The van der Waals surface area contributed by atoms with Gasteiger partial charge in [0.05, 0.1) is 20.1 Å². The van der Waals surface area contributed by atoms with Crippen molar-refractivity contribution in [1.82, 2.24) is 0 Å². The van der Waals surface area contributed by atoms with Gasteiger partial charge in [0.15, 0.2) is 0 Å². The Kier molecular flexibility index (Phi) is 2.75. The van der Waals surface area contributed by atoms with Crippen molar-refractivity contribution in [3.63, 3.8) is 0 Å². The first-order valence-electron chi connectivity index (χ1n) is 3.98. The van der Waals surface area contributed by atoms with E-state index in [-0.39, 0.29) is 13.0 Å². The highest BCUT2D eigenvalue weighted by atomic mass is 16.7. The summed E-state index contributed by atoms with van der Waals surface area (Å²) in [6, 6.07) is 0. The van der Waals surface area contributed by atoms with Crippen LogP contribution in [0.4, 0.5) is 4.79 Å². The zero-order chi connectivity index (χ0) is 9.90. The maximum atomic E-state index is 10.9. The van der Waals surface area contributed by atoms with Gasteiger partial charge >= 0.3 is 12.1 Å². The second-order valence-corrected chi connectivity index (χ2v) is 3.15. The predicted molar refractivity (Wildman–Crippen MR) is 42.1 cm³/mol. The van der Waals surface area contributed by atoms with E-state index < -0.39 is 17.7 Å². The molecule has 74 valence electrons. The van der Waals surface area contributed by atoms with Crippen molar-refractivity contribution in [2.75, 3.05) is 13.7 Å². The molecule has 1 saturated heterocycles. The van der Waals surface area contributed by atoms with Gasteiger partial charge in [-0.15, -0.1) is 0 Å². The molecule has 0 aliphatic carbocycles. The Labute approximate surface area is 76.0 Å². The summed E-state index contributed by atoms with van der Waals surface area (Å²) in [5.74, 6) is -0.391. The standard InChI is InChI=1S/C8H12O5/c1-8(5-6(9)11-2)3-4-12-7(10)13-8/h3-5H2,1-2H3. The van der Waals surface area contributed by atoms with Gasteiger partial charge < -0.3 is 14.2 Å². The first-order valence-corrected chi connectivity index (χ1v) is 3.98. The normalized spacial score (nSPS) is 27.4. The third kappa shape index (κ3) is 2.61. The van der Waals surface area contributed by atoms with Gasteiger partial charge in [-0.25, -0.2) is 4.79 Å². The summed E-state index contributed by atoms with van der Waals surface area (Å²) in [4.78, 5) is 21.7. The number of carbonyl (C=O) groups excluding carboxylic acids is 2. The number of ether oxygens (including phenoxy) is 3. The van der Waals surface area contributed by atoms with Crippen molar-refractivity contribution in [1.29, 1.82) is 0 Å². The number of hydrogen-bond acceptors (Lipinski definition) is 5. The van der Waals surface area contributed by atoms with E-state index in [0.29, 0.717) is 6.42 Å². The minimum Gasteiger partial charge on any atom is -0.469 e. The molecule has 0 N–H and O–H groups in total. The predicted octanol–water partition coefficient (Wildman–Crippen LogP) is 0.865. The largest absolute Gasteiger partial charge is 0.508 e. The van der Waals surface area contributed by atoms with Crippen molar-refractivity contribution < 1.29 is 23.8 Å². The molecule has 1 heterocycles. The number of cyclic esters (lactones) is 2. The van der Waals surface area contributed by atoms with Crippen LogP contribution in [0.5, 0.6) is 0 Å². The zero-order valence-corrected chi connectivity index (χ0v) is 7.66. The molecule has 13 heavy (non-hydrogen) atoms. The van der Waals surface area contributed by atoms with Crippen LogP contribution in [0.3, 0.4) is 0 Å². The lowest BCUT2D eigenvalue weighted by atomic mass is 9.98. The second-order valence-electron chi connectivity index (χ2n) is 3.15. The van der Waals surface area contributed by atoms with Crippen molar-refractivity contribution in [2.24, 2.45) is 0 Å². The molecule has 1 unspecified atom stereocenters. The Morgan fingerprint density at radius 3 is 2.92 bits per heavy atom. The van der Waals surface area contributed by atoms with Crippen molar-refractivity contribution in [3.05, 3.63) is 0 Å². The summed E-state index contributed by atoms with van der Waals surface area (Å²) in [5, 5.41) is 0. The van der Waals surface area contributed by atoms with Gasteiger partial charge in [-0.05, 0) is 6.92 Å². The first kappa shape index (κ1) is 9.83. The molecule has 1 atom stereocenters. The molecule has 0 amide bonds. The average molecular weight is 188 g/mol. The Morgan fingerprint density at radius 1 is 1.69 bits per heavy atom. The van der Waals surface area contributed by atoms with Crippen LogP contribution < -0.4 is 0 Å². The maximum Gasteiger partial charge on any atom is 0.508 e. The average Bonchev–Trinajstić information content (AvgIpc) is 2.02. The summed E-state index contributed by atoms with van der Waals surface area (Å²) in [6.07, 6.45) is -0.149. The third-order valence-corrected chi connectivity index (χ3v) is 1.93. The minimum atomic E-state index is -0.775. The number of methoxy groups -OCH3 is 1. The molecule has 5 heteroatoms. The van der Waals surface area contributed by atoms with E-state index in [2.05, 4.69) is 9.47 Å². The molecule has 5 nitrogen and oxygen atoms in total. The fourth-order valence-corrected chi connectivity index (χ4v) is 1.13. The molecular weight excluding hydrogens is 176 g/mol. The Bertz CT molecular complexity index is 225. The highest BCUT2D eigenvalue weighted by Crippen LogP contribution is 2.25. The van der Waals surface area contributed by atoms with Crippen LogP contribution in [-0.2, 0) is 19.0 Å². The van der Waals surface area contributed by atoms with E-state index in [1.54, 1.807) is 6.92 Å². The van der Waals surface area contributed by atoms with Gasteiger partial charge in [-0.3, -0.25) is 4.79 Å². The molecular formula is C8H12O5. The maximum absolute atomic E-state index is 10.9. The van der Waals surface area contributed by atoms with Crippen LogP contribution in [-0.4, -0.2) is 31.4 Å². The fourth-order valence-electron chi connectivity index (χ4n) is 1.13. The van der Waals surface area contributed by atoms with Gasteiger partial charge in [0, 0.05) is 6.42 Å². The van der Waals surface area contributed by atoms with E-state index in [0.717, 1.165) is 0 Å². The summed E-state index contributed by atoms with van der Waals surface area (Å²) >= 11 is 0. The van der Waals surface area contributed by atoms with Gasteiger partial charge in [0.1, 0.15) is 5.60 Å². The Morgan fingerprint density at radius 2 is 2.38 bits per heavy atom. The van der Waals surface area contributed by atoms with Crippen LogP contribution >= 0.6 is 0 Å². The molecule has 0 aromatic heterocycles. The van der Waals surface area contributed by atoms with E-state index in [9.17, 15) is 9.59 Å². The summed E-state index contributed by atoms with van der Waals surface area (Å²) in [7, 11) is 1.30. The van der Waals surface area contributed by atoms with Crippen molar-refractivity contribution in [3.8, 4) is 0 Å². The second kappa shape index (κ2) is 3.64. The number of esters is 1. The highest BCUT2D eigenvalue weighted by Gasteiger charge is 2.36. The summed E-state index contributed by atoms with van der Waals surface area (Å²) in [6.45, 7) is 1.97. The van der Waals surface area contributed by atoms with Crippen molar-refractivity contribution in [2.45, 2.75) is 25.4 Å². The molecule has 1 aliphatic heterocycles. The molecule has 0 bridgehead atoms. The number of hydrogen-bond donors (Lipinski definition) is 0. The summed E-state index contributed by atoms with van der Waals surface area (Å²) < 4.78 is 13.9. The van der Waals surface area contributed by atoms with Crippen molar-refractivity contribution >= 4 is 12.1 Å². The van der Waals surface area contributed by atoms with E-state index in [4.69, 9.17) is 4.74 Å². The van der Waals surface area contributed by atoms with E-state index in [1.807, 2.05) is 0 Å². The van der Waals surface area contributed by atoms with Crippen LogP contribution in [0, 0.1) is 0 Å². The van der Waals surface area contributed by atoms with E-state index in [1.165, 1.54) is 7.11 Å². The lowest BCUT2D eigenvalue weighted by molar-refractivity contribution is -0.149. The molecule has 0 saturated carbocycles. The molecule has 1 fully saturated rings. The topological polar surface area (TPSA) is 61.8 Å². The van der Waals surface area contributed by atoms with Gasteiger partial charge in [0.2, 0.25) is 0 Å². The molecule has 1 rings (SSSR count). The monoisotopic (exact) mass is 188 g/mol. The first-order chi connectivity index (χ1) is 6.06.